The molecule has 3 rings (SSSR count). The number of urea groups is 1. The van der Waals surface area contributed by atoms with Gasteiger partial charge in [-0.25, -0.2) is 18.2 Å². The number of hydrogen-bond acceptors (Lipinski definition) is 4. The predicted octanol–water partition coefficient (Wildman–Crippen LogP) is 1.76. The highest BCUT2D eigenvalue weighted by Crippen LogP contribution is 2.14. The third kappa shape index (κ3) is 4.55. The number of anilines is 1. The summed E-state index contributed by atoms with van der Waals surface area (Å²) in [6, 6.07) is 14.1. The number of pyridine rings is 1. The van der Waals surface area contributed by atoms with Gasteiger partial charge in [0.2, 0.25) is 10.0 Å². The summed E-state index contributed by atoms with van der Waals surface area (Å²) in [5, 5.41) is 2.71. The second kappa shape index (κ2) is 7.62. The molecule has 1 aromatic heterocycles. The second-order valence-corrected chi connectivity index (χ2v) is 7.74. The first-order chi connectivity index (χ1) is 12.0. The van der Waals surface area contributed by atoms with Crippen molar-refractivity contribution in [2.24, 2.45) is 0 Å². The lowest BCUT2D eigenvalue weighted by molar-refractivity contribution is 0.184. The lowest BCUT2D eigenvalue weighted by atomic mass is 10.2. The van der Waals surface area contributed by atoms with Crippen molar-refractivity contribution < 1.29 is 13.2 Å². The van der Waals surface area contributed by atoms with Gasteiger partial charge in [0.05, 0.1) is 5.75 Å². The largest absolute Gasteiger partial charge is 0.323 e. The fraction of sp³-hybridized carbons (Fsp3) is 0.294. The molecule has 0 saturated carbocycles. The lowest BCUT2D eigenvalue weighted by Crippen LogP contribution is -2.51. The number of amides is 2. The SMILES string of the molecule is O=C(Nc1ccccn1)N1CCN(S(=O)(=O)Cc2ccccc2)CC1. The van der Waals surface area contributed by atoms with E-state index in [2.05, 4.69) is 10.3 Å². The number of carbonyl (C=O) groups is 1. The number of benzene rings is 1. The molecule has 8 heteroatoms. The molecular weight excluding hydrogens is 340 g/mol. The van der Waals surface area contributed by atoms with Crippen LogP contribution in [0.1, 0.15) is 5.56 Å². The van der Waals surface area contributed by atoms with Gasteiger partial charge in [-0.05, 0) is 17.7 Å². The Morgan fingerprint density at radius 3 is 2.32 bits per heavy atom. The van der Waals surface area contributed by atoms with E-state index in [-0.39, 0.29) is 11.8 Å². The van der Waals surface area contributed by atoms with E-state index in [4.69, 9.17) is 0 Å². The van der Waals surface area contributed by atoms with Crippen LogP contribution in [0.15, 0.2) is 54.7 Å². The van der Waals surface area contributed by atoms with Gasteiger partial charge >= 0.3 is 6.03 Å². The van der Waals surface area contributed by atoms with Crippen LogP contribution in [0.5, 0.6) is 0 Å². The number of nitrogens with zero attached hydrogens (tertiary/aromatic N) is 3. The molecule has 132 valence electrons. The van der Waals surface area contributed by atoms with Crippen LogP contribution in [0.3, 0.4) is 0 Å². The first-order valence-electron chi connectivity index (χ1n) is 8.03. The molecule has 1 saturated heterocycles. The van der Waals surface area contributed by atoms with Gasteiger partial charge in [0, 0.05) is 32.4 Å². The summed E-state index contributed by atoms with van der Waals surface area (Å²) < 4.78 is 26.5. The zero-order chi connectivity index (χ0) is 17.7. The third-order valence-electron chi connectivity index (χ3n) is 4.01. The quantitative estimate of drug-likeness (QED) is 0.901. The Bertz CT molecular complexity index is 804. The number of sulfonamides is 1. The van der Waals surface area contributed by atoms with Crippen molar-refractivity contribution in [3.05, 3.63) is 60.3 Å². The van der Waals surface area contributed by atoms with E-state index >= 15 is 0 Å². The van der Waals surface area contributed by atoms with Gasteiger partial charge in [-0.3, -0.25) is 5.32 Å². The highest BCUT2D eigenvalue weighted by atomic mass is 32.2. The molecule has 1 fully saturated rings. The van der Waals surface area contributed by atoms with Crippen LogP contribution in [0.25, 0.3) is 0 Å². The average molecular weight is 360 g/mol. The zero-order valence-corrected chi connectivity index (χ0v) is 14.5. The Balaban J connectivity index is 1.55. The van der Waals surface area contributed by atoms with Gasteiger partial charge in [-0.2, -0.15) is 4.31 Å². The third-order valence-corrected chi connectivity index (χ3v) is 5.86. The smallest absolute Gasteiger partial charge is 0.322 e. The minimum Gasteiger partial charge on any atom is -0.322 e. The van der Waals surface area contributed by atoms with Gasteiger partial charge in [-0.15, -0.1) is 0 Å². The summed E-state index contributed by atoms with van der Waals surface area (Å²) in [4.78, 5) is 17.9. The minimum absolute atomic E-state index is 0.0199. The van der Waals surface area contributed by atoms with Gasteiger partial charge < -0.3 is 4.90 Å². The molecule has 0 bridgehead atoms. The van der Waals surface area contributed by atoms with E-state index in [1.807, 2.05) is 18.2 Å². The average Bonchev–Trinajstić information content (AvgIpc) is 2.63. The Morgan fingerprint density at radius 2 is 1.68 bits per heavy atom. The van der Waals surface area contributed by atoms with Gasteiger partial charge in [0.25, 0.3) is 0 Å². The first-order valence-corrected chi connectivity index (χ1v) is 9.64. The van der Waals surface area contributed by atoms with Crippen LogP contribution in [-0.4, -0.2) is 54.8 Å². The Hall–Kier alpha value is -2.45. The minimum atomic E-state index is -3.38. The van der Waals surface area contributed by atoms with E-state index in [9.17, 15) is 13.2 Å². The highest BCUT2D eigenvalue weighted by Gasteiger charge is 2.29. The maximum atomic E-state index is 12.5. The molecular formula is C17H20N4O3S. The summed E-state index contributed by atoms with van der Waals surface area (Å²) in [6.45, 7) is 1.30. The molecule has 2 heterocycles. The van der Waals surface area contributed by atoms with Crippen molar-refractivity contribution in [2.45, 2.75) is 5.75 Å². The standard InChI is InChI=1S/C17H20N4O3S/c22-17(19-16-8-4-5-9-18-16)20-10-12-21(13-11-20)25(23,24)14-15-6-2-1-3-7-15/h1-9H,10-14H2,(H,18,19,22). The van der Waals surface area contributed by atoms with E-state index in [1.165, 1.54) is 4.31 Å². The molecule has 1 aliphatic rings. The van der Waals surface area contributed by atoms with E-state index in [0.29, 0.717) is 32.0 Å². The maximum absolute atomic E-state index is 12.5. The van der Waals surface area contributed by atoms with Crippen LogP contribution in [0.2, 0.25) is 0 Å². The molecule has 0 unspecified atom stereocenters. The van der Waals surface area contributed by atoms with Crippen molar-refractivity contribution in [3.63, 3.8) is 0 Å². The summed E-state index contributed by atoms with van der Waals surface area (Å²) in [5.74, 6) is 0.458. The molecule has 1 aromatic carbocycles. The molecule has 2 amide bonds. The topological polar surface area (TPSA) is 82.6 Å². The van der Waals surface area contributed by atoms with Crippen LogP contribution >= 0.6 is 0 Å². The molecule has 0 radical (unpaired) electrons. The van der Waals surface area contributed by atoms with Gasteiger partial charge in [-0.1, -0.05) is 36.4 Å². The molecule has 25 heavy (non-hydrogen) atoms. The van der Waals surface area contributed by atoms with Crippen molar-refractivity contribution in [1.29, 1.82) is 0 Å². The molecule has 2 aromatic rings. The number of hydrogen-bond donors (Lipinski definition) is 1. The number of piperazine rings is 1. The van der Waals surface area contributed by atoms with E-state index in [1.54, 1.807) is 41.4 Å². The first kappa shape index (κ1) is 17.4. The van der Waals surface area contributed by atoms with Crippen LogP contribution in [0, 0.1) is 0 Å². The van der Waals surface area contributed by atoms with Gasteiger partial charge in [0.15, 0.2) is 0 Å². The molecule has 1 aliphatic heterocycles. The Labute approximate surface area is 147 Å². The van der Waals surface area contributed by atoms with Crippen LogP contribution in [0.4, 0.5) is 10.6 Å². The molecule has 0 spiro atoms. The summed E-state index contributed by atoms with van der Waals surface area (Å²) >= 11 is 0. The molecule has 0 atom stereocenters. The molecule has 0 aliphatic carbocycles. The van der Waals surface area contributed by atoms with Gasteiger partial charge in [0.1, 0.15) is 5.82 Å². The summed E-state index contributed by atoms with van der Waals surface area (Å²) in [7, 11) is -3.38. The fourth-order valence-corrected chi connectivity index (χ4v) is 4.19. The molecule has 7 nitrogen and oxygen atoms in total. The number of nitrogens with one attached hydrogen (secondary N) is 1. The van der Waals surface area contributed by atoms with Crippen molar-refractivity contribution in [2.75, 3.05) is 31.5 Å². The van der Waals surface area contributed by atoms with Crippen LogP contribution < -0.4 is 5.32 Å². The van der Waals surface area contributed by atoms with Crippen LogP contribution in [-0.2, 0) is 15.8 Å². The summed E-state index contributed by atoms with van der Waals surface area (Å²) in [6.07, 6.45) is 1.60. The van der Waals surface area contributed by atoms with Crippen molar-refractivity contribution in [3.8, 4) is 0 Å². The predicted molar refractivity (Wildman–Crippen MR) is 95.5 cm³/mol. The highest BCUT2D eigenvalue weighted by molar-refractivity contribution is 7.88. The van der Waals surface area contributed by atoms with E-state index < -0.39 is 10.0 Å². The zero-order valence-electron chi connectivity index (χ0n) is 13.7. The second-order valence-electron chi connectivity index (χ2n) is 5.77. The Morgan fingerprint density at radius 1 is 1.00 bits per heavy atom. The van der Waals surface area contributed by atoms with E-state index in [0.717, 1.165) is 5.56 Å². The normalized spacial score (nSPS) is 15.8. The Kier molecular flexibility index (Phi) is 5.30. The van der Waals surface area contributed by atoms with Crippen molar-refractivity contribution in [1.82, 2.24) is 14.2 Å². The molecule has 1 N–H and O–H groups in total. The van der Waals surface area contributed by atoms with Crippen molar-refractivity contribution >= 4 is 21.9 Å². The summed E-state index contributed by atoms with van der Waals surface area (Å²) in [5.41, 5.74) is 0.762. The maximum Gasteiger partial charge on any atom is 0.323 e. The monoisotopic (exact) mass is 360 g/mol. The lowest BCUT2D eigenvalue weighted by Gasteiger charge is -2.33. The fourth-order valence-electron chi connectivity index (χ4n) is 2.67. The number of aromatic nitrogens is 1. The number of rotatable bonds is 4. The number of carbonyl (C=O) groups excluding carboxylic acids is 1.